The summed E-state index contributed by atoms with van der Waals surface area (Å²) in [5.74, 6) is 0.892. The number of anilines is 5. The fourth-order valence-electron chi connectivity index (χ4n) is 7.12. The molecule has 1 aliphatic rings. The standard InChI is InChI=1S/C30H31N6.C14H6F6N.Pt/c1-20-13-21(2)29(22(3)14-20)24-15-25(33-18-34(5)27-9-7-11-31-23(27)4)17-26(16-24)36-19-35(6)28-10-8-12-32-30(28)36;15-13(16,17)7-1-3-11-9(5-7)10-6-8(14(18,19)20)2-4-12(10)21-11;/h7-16,18-19,33H,1-6H3;1-6H;/q-3;-1;+4. The van der Waals surface area contributed by atoms with Crippen molar-refractivity contribution < 1.29 is 47.4 Å². The number of pyridine rings is 2. The smallest absolute Gasteiger partial charge is 0.657 e. The average Bonchev–Trinajstić information content (AvgIpc) is 3.70. The van der Waals surface area contributed by atoms with Crippen molar-refractivity contribution in [3.63, 3.8) is 0 Å². The van der Waals surface area contributed by atoms with Gasteiger partial charge in [-0.2, -0.15) is 39.7 Å². The Morgan fingerprint density at radius 3 is 1.95 bits per heavy atom. The van der Waals surface area contributed by atoms with Crippen LogP contribution in [0.5, 0.6) is 0 Å². The Balaban J connectivity index is 0.000000220. The number of halogens is 6. The van der Waals surface area contributed by atoms with Crippen LogP contribution in [0.25, 0.3) is 32.9 Å². The third kappa shape index (κ3) is 8.65. The molecule has 0 fully saturated rings. The van der Waals surface area contributed by atoms with Gasteiger partial charge < -0.3 is 25.0 Å². The molecule has 1 aliphatic heterocycles. The number of aromatic nitrogens is 3. The number of alkyl halides is 6. The molecule has 7 nitrogen and oxygen atoms in total. The zero-order valence-electron chi connectivity index (χ0n) is 32.2. The van der Waals surface area contributed by atoms with E-state index in [2.05, 4.69) is 100.0 Å². The van der Waals surface area contributed by atoms with Crippen molar-refractivity contribution in [1.29, 1.82) is 0 Å². The molecule has 0 aliphatic carbocycles. The molecule has 14 heteroatoms. The fraction of sp³-hybridized carbons (Fsp3) is 0.182. The summed E-state index contributed by atoms with van der Waals surface area (Å²) < 4.78 is 76.1. The summed E-state index contributed by atoms with van der Waals surface area (Å²) in [6, 6.07) is 26.1. The number of benzene rings is 4. The van der Waals surface area contributed by atoms with E-state index < -0.39 is 23.5 Å². The minimum atomic E-state index is -4.56. The molecule has 0 atom stereocenters. The molecule has 8 rings (SSSR count). The van der Waals surface area contributed by atoms with Crippen molar-refractivity contribution in [2.45, 2.75) is 40.0 Å². The van der Waals surface area contributed by atoms with E-state index in [1.807, 2.05) is 57.1 Å². The van der Waals surface area contributed by atoms with E-state index in [0.717, 1.165) is 76.2 Å². The van der Waals surface area contributed by atoms with Gasteiger partial charge in [0.05, 0.1) is 16.8 Å². The minimum Gasteiger partial charge on any atom is -0.657 e. The Morgan fingerprint density at radius 2 is 1.36 bits per heavy atom. The number of nitrogens with one attached hydrogen (secondary N) is 1. The number of fused-ring (bicyclic) bond motifs is 4. The largest absolute Gasteiger partial charge is 4.00 e. The average molecular weight is 973 g/mol. The van der Waals surface area contributed by atoms with Crippen LogP contribution in [0.2, 0.25) is 0 Å². The van der Waals surface area contributed by atoms with Crippen molar-refractivity contribution in [2.75, 3.05) is 34.1 Å². The van der Waals surface area contributed by atoms with Gasteiger partial charge in [-0.05, 0) is 106 Å². The summed E-state index contributed by atoms with van der Waals surface area (Å²) >= 11 is 0. The first-order chi connectivity index (χ1) is 27.0. The van der Waals surface area contributed by atoms with E-state index in [1.54, 1.807) is 0 Å². The summed E-state index contributed by atoms with van der Waals surface area (Å²) in [5, 5.41) is 3.59. The Labute approximate surface area is 347 Å². The molecule has 0 spiro atoms. The Bertz CT molecular complexity index is 2510. The Hall–Kier alpha value is -5.55. The Kier molecular flexibility index (Phi) is 11.9. The van der Waals surface area contributed by atoms with E-state index in [9.17, 15) is 26.3 Å². The van der Waals surface area contributed by atoms with Gasteiger partial charge in [-0.25, -0.2) is 4.98 Å². The van der Waals surface area contributed by atoms with Gasteiger partial charge in [-0.1, -0.05) is 42.0 Å². The van der Waals surface area contributed by atoms with Gasteiger partial charge in [0.25, 0.3) is 0 Å². The molecule has 7 aromatic rings. The third-order valence-corrected chi connectivity index (χ3v) is 9.69. The van der Waals surface area contributed by atoms with Gasteiger partial charge in [0, 0.05) is 23.8 Å². The van der Waals surface area contributed by atoms with Crippen LogP contribution in [0, 0.1) is 47.1 Å². The van der Waals surface area contributed by atoms with E-state index >= 15 is 0 Å². The van der Waals surface area contributed by atoms with E-state index in [-0.39, 0.29) is 42.9 Å². The number of rotatable bonds is 6. The van der Waals surface area contributed by atoms with Crippen molar-refractivity contribution in [2.24, 2.45) is 0 Å². The molecule has 300 valence electrons. The maximum atomic E-state index is 12.7. The quantitative estimate of drug-likeness (QED) is 0.132. The second-order valence-electron chi connectivity index (χ2n) is 13.9. The second kappa shape index (κ2) is 16.4. The van der Waals surface area contributed by atoms with Gasteiger partial charge >= 0.3 is 33.4 Å². The van der Waals surface area contributed by atoms with Gasteiger partial charge in [0.1, 0.15) is 5.82 Å². The van der Waals surface area contributed by atoms with Crippen molar-refractivity contribution in [3.8, 4) is 11.1 Å². The van der Waals surface area contributed by atoms with Gasteiger partial charge in [-0.3, -0.25) is 4.98 Å². The summed E-state index contributed by atoms with van der Waals surface area (Å²) in [7, 11) is 4.05. The SMILES string of the molecule is Cc1cc(C)c(-c2cc(N[CH-]N(C)c3cccnc3C)[c-]c(N3[CH-]N(C)c4cccnc43)c2)c(C)c1.FC(F)(F)c1ccc2[n-]c3ccc(C(F)(F)F)cc3c2c1.[Pt+4]. The normalized spacial score (nSPS) is 12.6. The summed E-state index contributed by atoms with van der Waals surface area (Å²) in [6.07, 6.45) is -5.47. The van der Waals surface area contributed by atoms with Crippen LogP contribution in [0.4, 0.5) is 54.9 Å². The Morgan fingerprint density at radius 1 is 0.776 bits per heavy atom. The molecule has 4 heterocycles. The van der Waals surface area contributed by atoms with Gasteiger partial charge in [0.2, 0.25) is 0 Å². The molecule has 1 N–H and O–H groups in total. The predicted octanol–water partition coefficient (Wildman–Crippen LogP) is 11.5. The summed E-state index contributed by atoms with van der Waals surface area (Å²) in [4.78, 5) is 19.3. The fourth-order valence-corrected chi connectivity index (χ4v) is 7.12. The maximum absolute atomic E-state index is 12.7. The van der Waals surface area contributed by atoms with Crippen molar-refractivity contribution in [3.05, 3.63) is 150 Å². The first kappa shape index (κ1) is 42.1. The molecule has 0 bridgehead atoms. The van der Waals surface area contributed by atoms with Crippen molar-refractivity contribution in [1.82, 2.24) is 15.0 Å². The van der Waals surface area contributed by atoms with Crippen LogP contribution in [0.3, 0.4) is 0 Å². The van der Waals surface area contributed by atoms with E-state index in [1.165, 1.54) is 22.3 Å². The number of hydrogen-bond donors (Lipinski definition) is 1. The number of aryl methyl sites for hydroxylation is 4. The molecule has 0 amide bonds. The molecule has 4 aromatic carbocycles. The minimum absolute atomic E-state index is 0. The first-order valence-electron chi connectivity index (χ1n) is 17.8. The molecular formula is C44H37F6N7Pt. The van der Waals surface area contributed by atoms with Crippen LogP contribution in [0.1, 0.15) is 33.5 Å². The molecule has 58 heavy (non-hydrogen) atoms. The second-order valence-corrected chi connectivity index (χ2v) is 13.9. The van der Waals surface area contributed by atoms with Crippen LogP contribution in [0.15, 0.2) is 97.3 Å². The molecule has 0 radical (unpaired) electrons. The first-order valence-corrected chi connectivity index (χ1v) is 17.8. The molecule has 0 saturated heterocycles. The van der Waals surface area contributed by atoms with E-state index in [0.29, 0.717) is 0 Å². The topological polar surface area (TPSA) is 61.6 Å². The molecule has 0 saturated carbocycles. The molecule has 3 aromatic heterocycles. The maximum Gasteiger partial charge on any atom is 4.00 e. The monoisotopic (exact) mass is 972 g/mol. The zero-order valence-corrected chi connectivity index (χ0v) is 34.4. The van der Waals surface area contributed by atoms with Crippen molar-refractivity contribution >= 4 is 50.4 Å². The van der Waals surface area contributed by atoms with Gasteiger partial charge in [0.15, 0.2) is 0 Å². The molecule has 0 unspecified atom stereocenters. The number of hydrogen-bond acceptors (Lipinski definition) is 6. The summed E-state index contributed by atoms with van der Waals surface area (Å²) in [6.45, 7) is 12.5. The van der Waals surface area contributed by atoms with E-state index in [4.69, 9.17) is 0 Å². The van der Waals surface area contributed by atoms with Gasteiger partial charge in [-0.15, -0.1) is 46.2 Å². The number of nitrogens with zero attached hydrogens (tertiary/aromatic N) is 6. The third-order valence-electron chi connectivity index (χ3n) is 9.69. The molecular weight excluding hydrogens is 936 g/mol. The predicted molar refractivity (Wildman–Crippen MR) is 214 cm³/mol. The zero-order chi connectivity index (χ0) is 40.8. The van der Waals surface area contributed by atoms with Crippen LogP contribution in [-0.4, -0.2) is 24.1 Å². The van der Waals surface area contributed by atoms with Crippen LogP contribution >= 0.6 is 0 Å². The summed E-state index contributed by atoms with van der Waals surface area (Å²) in [5.41, 5.74) is 9.66. The van der Waals surface area contributed by atoms with Crippen LogP contribution < -0.4 is 25.0 Å². The van der Waals surface area contributed by atoms with Crippen LogP contribution in [-0.2, 0) is 33.4 Å².